The molecule has 2 aliphatic rings. The topological polar surface area (TPSA) is 51.2 Å². The second kappa shape index (κ2) is 9.85. The smallest absolute Gasteiger partial charge is 0.185 e. The number of hydrogen-bond acceptors (Lipinski definition) is 5. The highest BCUT2D eigenvalue weighted by Gasteiger charge is 2.29. The van der Waals surface area contributed by atoms with Crippen molar-refractivity contribution in [1.29, 1.82) is 0 Å². The first-order chi connectivity index (χ1) is 14.5. The molecule has 9 heteroatoms. The van der Waals surface area contributed by atoms with Gasteiger partial charge in [0, 0.05) is 48.7 Å². The van der Waals surface area contributed by atoms with Gasteiger partial charge in [0.1, 0.15) is 18.5 Å². The average molecular weight is 471 g/mol. The van der Waals surface area contributed by atoms with E-state index in [4.69, 9.17) is 37.4 Å². The van der Waals surface area contributed by atoms with Crippen LogP contribution < -0.4 is 9.64 Å². The molecule has 0 radical (unpaired) electrons. The van der Waals surface area contributed by atoms with Crippen LogP contribution in [0.3, 0.4) is 0 Å². The second-order valence-corrected chi connectivity index (χ2v) is 9.44. The van der Waals surface area contributed by atoms with E-state index in [0.29, 0.717) is 23.3 Å². The Balaban J connectivity index is 1.26. The van der Waals surface area contributed by atoms with Crippen LogP contribution in [-0.2, 0) is 20.5 Å². The third-order valence-corrected chi connectivity index (χ3v) is 6.86. The summed E-state index contributed by atoms with van der Waals surface area (Å²) >= 11 is 12.2. The van der Waals surface area contributed by atoms with Gasteiger partial charge in [0.15, 0.2) is 6.29 Å². The molecule has 2 aliphatic heterocycles. The van der Waals surface area contributed by atoms with Crippen LogP contribution in [0.5, 0.6) is 5.75 Å². The van der Waals surface area contributed by atoms with Crippen molar-refractivity contribution in [3.8, 4) is 5.75 Å². The van der Waals surface area contributed by atoms with Gasteiger partial charge in [-0.3, -0.25) is 0 Å². The molecule has 6 nitrogen and oxygen atoms in total. The third-order valence-electron chi connectivity index (χ3n) is 5.21. The van der Waals surface area contributed by atoms with Crippen LogP contribution >= 0.6 is 23.2 Å². The van der Waals surface area contributed by atoms with Crippen LogP contribution in [0.15, 0.2) is 42.5 Å². The number of hydrogen-bond donors (Lipinski definition) is 0. The lowest BCUT2D eigenvalue weighted by atomic mass is 10.2. The van der Waals surface area contributed by atoms with Gasteiger partial charge in [-0.2, -0.15) is 0 Å². The molecule has 0 aliphatic carbocycles. The lowest BCUT2D eigenvalue weighted by Gasteiger charge is -2.34. The molecule has 0 N–H and O–H groups in total. The van der Waals surface area contributed by atoms with Crippen molar-refractivity contribution in [3.63, 3.8) is 0 Å². The zero-order chi connectivity index (χ0) is 21.1. The van der Waals surface area contributed by atoms with E-state index in [-0.39, 0.29) is 6.10 Å². The quantitative estimate of drug-likeness (QED) is 0.640. The van der Waals surface area contributed by atoms with E-state index in [9.17, 15) is 4.21 Å². The summed E-state index contributed by atoms with van der Waals surface area (Å²) in [6, 6.07) is 13.3. The Bertz CT molecular complexity index is 891. The number of halogens is 2. The van der Waals surface area contributed by atoms with Crippen LogP contribution in [0.1, 0.15) is 11.9 Å². The summed E-state index contributed by atoms with van der Waals surface area (Å²) in [6.45, 7) is 4.16. The van der Waals surface area contributed by atoms with Gasteiger partial charge >= 0.3 is 0 Å². The summed E-state index contributed by atoms with van der Waals surface area (Å²) in [5.41, 5.74) is 1.90. The Labute approximate surface area is 189 Å². The van der Waals surface area contributed by atoms with Crippen LogP contribution in [-0.4, -0.2) is 60.3 Å². The Morgan fingerprint density at radius 1 is 1.10 bits per heavy atom. The summed E-state index contributed by atoms with van der Waals surface area (Å²) < 4.78 is 31.1. The van der Waals surface area contributed by atoms with E-state index in [1.165, 1.54) is 0 Å². The van der Waals surface area contributed by atoms with E-state index in [1.807, 2.05) is 22.5 Å². The van der Waals surface area contributed by atoms with Crippen molar-refractivity contribution in [3.05, 3.63) is 58.1 Å². The number of rotatable bonds is 6. The Morgan fingerprint density at radius 2 is 1.83 bits per heavy atom. The molecule has 2 unspecified atom stereocenters. The van der Waals surface area contributed by atoms with Crippen molar-refractivity contribution < 1.29 is 18.4 Å². The summed E-state index contributed by atoms with van der Waals surface area (Å²) in [5, 5.41) is 1.10. The first-order valence-corrected chi connectivity index (χ1v) is 12.0. The van der Waals surface area contributed by atoms with Crippen molar-refractivity contribution in [2.45, 2.75) is 12.4 Å². The van der Waals surface area contributed by atoms with Crippen molar-refractivity contribution in [2.24, 2.45) is 0 Å². The van der Waals surface area contributed by atoms with Gasteiger partial charge in [-0.25, -0.2) is 8.51 Å². The Hall–Kier alpha value is -1.35. The lowest BCUT2D eigenvalue weighted by Crippen LogP contribution is -2.46. The van der Waals surface area contributed by atoms with Crippen LogP contribution in [0.2, 0.25) is 10.0 Å². The fourth-order valence-electron chi connectivity index (χ4n) is 3.54. The molecule has 0 spiro atoms. The molecule has 0 bridgehead atoms. The lowest BCUT2D eigenvalue weighted by molar-refractivity contribution is -0.0658. The number of nitrogens with zero attached hydrogens (tertiary/aromatic N) is 2. The minimum atomic E-state index is -0.897. The summed E-state index contributed by atoms with van der Waals surface area (Å²) in [4.78, 5) is 2.29. The molecule has 0 saturated carbocycles. The van der Waals surface area contributed by atoms with E-state index >= 15 is 0 Å². The van der Waals surface area contributed by atoms with Gasteiger partial charge in [-0.1, -0.05) is 29.3 Å². The maximum absolute atomic E-state index is 11.6. The average Bonchev–Trinajstić information content (AvgIpc) is 3.21. The third kappa shape index (κ3) is 5.28. The predicted molar refractivity (Wildman–Crippen MR) is 120 cm³/mol. The molecule has 2 aromatic carbocycles. The maximum atomic E-state index is 11.6. The highest BCUT2D eigenvalue weighted by Crippen LogP contribution is 2.33. The zero-order valence-electron chi connectivity index (χ0n) is 16.6. The molecule has 2 heterocycles. The highest BCUT2D eigenvalue weighted by atomic mass is 35.5. The summed E-state index contributed by atoms with van der Waals surface area (Å²) in [5.74, 6) is 0.781. The first kappa shape index (κ1) is 21.9. The fraction of sp³-hybridized carbons (Fsp3) is 0.429. The monoisotopic (exact) mass is 470 g/mol. The second-order valence-electron chi connectivity index (χ2n) is 7.23. The van der Waals surface area contributed by atoms with Crippen LogP contribution in [0.25, 0.3) is 0 Å². The van der Waals surface area contributed by atoms with E-state index < -0.39 is 17.3 Å². The van der Waals surface area contributed by atoms with E-state index in [2.05, 4.69) is 17.0 Å². The van der Waals surface area contributed by atoms with Crippen LogP contribution in [0.4, 0.5) is 5.69 Å². The molecule has 3 atom stereocenters. The molecule has 162 valence electrons. The Morgan fingerprint density at radius 3 is 2.50 bits per heavy atom. The van der Waals surface area contributed by atoms with Crippen molar-refractivity contribution in [1.82, 2.24) is 4.31 Å². The minimum absolute atomic E-state index is 0.176. The molecular formula is C21H24Cl2N2O4S. The SMILES string of the molecule is CS(=O)N1CCN(c2ccc(OC[C@H]3COC(c4ccc(Cl)cc4Cl)O3)cc2)CC1. The van der Waals surface area contributed by atoms with Crippen LogP contribution in [0, 0.1) is 0 Å². The van der Waals surface area contributed by atoms with Gasteiger partial charge in [-0.05, 0) is 36.4 Å². The highest BCUT2D eigenvalue weighted by molar-refractivity contribution is 7.81. The number of benzene rings is 2. The van der Waals surface area contributed by atoms with Crippen molar-refractivity contribution in [2.75, 3.05) is 50.5 Å². The molecule has 30 heavy (non-hydrogen) atoms. The standard InChI is InChI=1S/C21H24Cl2N2O4S/c1-30(26)25-10-8-24(9-11-25)16-3-5-17(6-4-16)27-13-18-14-28-21(29-18)19-7-2-15(22)12-20(19)23/h2-7,12,18,21H,8-11,13-14H2,1H3/t18-,21?,30?/m0/s1. The van der Waals surface area contributed by atoms with E-state index in [0.717, 1.165) is 43.2 Å². The summed E-state index contributed by atoms with van der Waals surface area (Å²) in [6.07, 6.45) is 1.04. The number of ether oxygens (including phenoxy) is 3. The Kier molecular flexibility index (Phi) is 7.18. The minimum Gasteiger partial charge on any atom is -0.491 e. The first-order valence-electron chi connectivity index (χ1n) is 9.78. The van der Waals surface area contributed by atoms with Gasteiger partial charge in [0.05, 0.1) is 22.6 Å². The van der Waals surface area contributed by atoms with Gasteiger partial charge in [0.2, 0.25) is 0 Å². The van der Waals surface area contributed by atoms with Gasteiger partial charge in [0.25, 0.3) is 0 Å². The maximum Gasteiger partial charge on any atom is 0.185 e. The van der Waals surface area contributed by atoms with Gasteiger partial charge < -0.3 is 19.1 Å². The molecule has 0 aromatic heterocycles. The number of piperazine rings is 1. The van der Waals surface area contributed by atoms with Gasteiger partial charge in [-0.15, -0.1) is 0 Å². The molecule has 2 fully saturated rings. The summed E-state index contributed by atoms with van der Waals surface area (Å²) in [7, 11) is -0.897. The zero-order valence-corrected chi connectivity index (χ0v) is 19.0. The van der Waals surface area contributed by atoms with Crippen molar-refractivity contribution >= 4 is 39.9 Å². The molecule has 2 saturated heterocycles. The molecular weight excluding hydrogens is 447 g/mol. The normalized spacial score (nSPS) is 23.5. The fourth-order valence-corrected chi connectivity index (χ4v) is 4.71. The molecule has 2 aromatic rings. The number of anilines is 1. The van der Waals surface area contributed by atoms with E-state index in [1.54, 1.807) is 18.4 Å². The molecule has 4 rings (SSSR count). The molecule has 0 amide bonds. The largest absolute Gasteiger partial charge is 0.491 e. The predicted octanol–water partition coefficient (Wildman–Crippen LogP) is 3.90.